The van der Waals surface area contributed by atoms with Gasteiger partial charge >= 0.3 is 0 Å². The van der Waals surface area contributed by atoms with Crippen LogP contribution in [0.15, 0.2) is 35.1 Å². The van der Waals surface area contributed by atoms with E-state index < -0.39 is 0 Å². The van der Waals surface area contributed by atoms with E-state index in [1.54, 1.807) is 0 Å². The lowest BCUT2D eigenvalue weighted by atomic mass is 9.87. The summed E-state index contributed by atoms with van der Waals surface area (Å²) in [5.74, 6) is 2.30. The first-order chi connectivity index (χ1) is 10.9. The van der Waals surface area contributed by atoms with Gasteiger partial charge in [0.25, 0.3) is 0 Å². The molecule has 1 aliphatic heterocycles. The molecule has 1 saturated heterocycles. The Labute approximate surface area is 131 Å². The molecule has 22 heavy (non-hydrogen) atoms. The molecule has 1 saturated carbocycles. The summed E-state index contributed by atoms with van der Waals surface area (Å²) >= 11 is 0. The molecule has 0 amide bonds. The molecular weight excluding hydrogens is 274 g/mol. The highest BCUT2D eigenvalue weighted by Gasteiger charge is 2.29. The highest BCUT2D eigenvalue weighted by Crippen LogP contribution is 2.33. The van der Waals surface area contributed by atoms with Crippen LogP contribution in [0.1, 0.15) is 61.0 Å². The Bertz CT molecular complexity index is 598. The number of likely N-dealkylation sites (tertiary alicyclic amines) is 1. The van der Waals surface area contributed by atoms with E-state index in [1.165, 1.54) is 43.4 Å². The lowest BCUT2D eigenvalue weighted by Gasteiger charge is -2.38. The minimum Gasteiger partial charge on any atom is -0.360 e. The molecule has 0 bridgehead atoms. The average molecular weight is 297 g/mol. The maximum Gasteiger partial charge on any atom is 0.150 e. The number of hydrogen-bond donors (Lipinski definition) is 0. The summed E-state index contributed by atoms with van der Waals surface area (Å²) in [4.78, 5) is 6.51. The quantitative estimate of drug-likeness (QED) is 0.862. The smallest absolute Gasteiger partial charge is 0.150 e. The van der Waals surface area contributed by atoms with Gasteiger partial charge in [-0.3, -0.25) is 9.88 Å². The molecule has 2 aliphatic rings. The summed E-state index contributed by atoms with van der Waals surface area (Å²) in [5.41, 5.74) is 2.58. The van der Waals surface area contributed by atoms with Gasteiger partial charge in [-0.15, -0.1) is 0 Å². The van der Waals surface area contributed by atoms with E-state index in [1.807, 2.05) is 12.4 Å². The van der Waals surface area contributed by atoms with Crippen LogP contribution in [0.3, 0.4) is 0 Å². The standard InChI is InChI=1S/C18H23N3O/c1-2-4-15(5-3-1)18-10-17(22-20-18)13-21-11-16(12-21)14-6-8-19-9-7-14/h6-10,15-16H,1-5,11-13H2. The molecule has 0 unspecified atom stereocenters. The van der Waals surface area contributed by atoms with Crippen molar-refractivity contribution < 1.29 is 4.52 Å². The summed E-state index contributed by atoms with van der Waals surface area (Å²) < 4.78 is 5.56. The van der Waals surface area contributed by atoms with Crippen molar-refractivity contribution in [1.82, 2.24) is 15.0 Å². The SMILES string of the molecule is c1cc(C2CN(Cc3cc(C4CCCCC4)no3)C2)ccn1. The first kappa shape index (κ1) is 13.9. The van der Waals surface area contributed by atoms with Gasteiger partial charge in [-0.1, -0.05) is 24.4 Å². The zero-order valence-corrected chi connectivity index (χ0v) is 12.9. The lowest BCUT2D eigenvalue weighted by Crippen LogP contribution is -2.44. The van der Waals surface area contributed by atoms with E-state index in [-0.39, 0.29) is 0 Å². The van der Waals surface area contributed by atoms with Crippen molar-refractivity contribution in [3.63, 3.8) is 0 Å². The van der Waals surface area contributed by atoms with Crippen molar-refractivity contribution in [1.29, 1.82) is 0 Å². The molecule has 116 valence electrons. The molecule has 4 heteroatoms. The Morgan fingerprint density at radius 2 is 1.82 bits per heavy atom. The van der Waals surface area contributed by atoms with Gasteiger partial charge in [0.15, 0.2) is 5.76 Å². The normalized spacial score (nSPS) is 20.9. The largest absolute Gasteiger partial charge is 0.360 e. The van der Waals surface area contributed by atoms with Crippen molar-refractivity contribution in [3.8, 4) is 0 Å². The Balaban J connectivity index is 1.31. The predicted molar refractivity (Wildman–Crippen MR) is 84.6 cm³/mol. The van der Waals surface area contributed by atoms with Crippen molar-refractivity contribution >= 4 is 0 Å². The predicted octanol–water partition coefficient (Wildman–Crippen LogP) is 3.72. The van der Waals surface area contributed by atoms with Gasteiger partial charge in [-0.05, 0) is 30.5 Å². The van der Waals surface area contributed by atoms with Crippen molar-refractivity contribution in [3.05, 3.63) is 47.6 Å². The minimum atomic E-state index is 0.632. The number of pyridine rings is 1. The highest BCUT2D eigenvalue weighted by atomic mass is 16.5. The van der Waals surface area contributed by atoms with Crippen LogP contribution in [-0.2, 0) is 6.54 Å². The number of rotatable bonds is 4. The third kappa shape index (κ3) is 2.93. The van der Waals surface area contributed by atoms with Gasteiger partial charge in [0, 0.05) is 43.4 Å². The second kappa shape index (κ2) is 6.21. The number of aromatic nitrogens is 2. The van der Waals surface area contributed by atoms with Crippen LogP contribution in [0.4, 0.5) is 0 Å². The zero-order chi connectivity index (χ0) is 14.8. The first-order valence-corrected chi connectivity index (χ1v) is 8.46. The van der Waals surface area contributed by atoms with E-state index in [2.05, 4.69) is 33.2 Å². The van der Waals surface area contributed by atoms with Crippen LogP contribution in [0.5, 0.6) is 0 Å². The van der Waals surface area contributed by atoms with Gasteiger partial charge in [-0.25, -0.2) is 0 Å². The second-order valence-electron chi connectivity index (χ2n) is 6.72. The minimum absolute atomic E-state index is 0.632. The second-order valence-corrected chi connectivity index (χ2v) is 6.72. The third-order valence-corrected chi connectivity index (χ3v) is 5.11. The zero-order valence-electron chi connectivity index (χ0n) is 12.9. The summed E-state index contributed by atoms with van der Waals surface area (Å²) in [7, 11) is 0. The molecule has 2 fully saturated rings. The Morgan fingerprint density at radius 3 is 2.59 bits per heavy atom. The van der Waals surface area contributed by atoms with Crippen LogP contribution in [0, 0.1) is 0 Å². The van der Waals surface area contributed by atoms with Crippen LogP contribution in [-0.4, -0.2) is 28.1 Å². The Kier molecular flexibility index (Phi) is 3.94. The van der Waals surface area contributed by atoms with E-state index in [0.717, 1.165) is 25.4 Å². The van der Waals surface area contributed by atoms with Gasteiger partial charge in [0.1, 0.15) is 0 Å². The van der Waals surface area contributed by atoms with Crippen molar-refractivity contribution in [2.45, 2.75) is 50.5 Å². The topological polar surface area (TPSA) is 42.2 Å². The van der Waals surface area contributed by atoms with Crippen LogP contribution < -0.4 is 0 Å². The average Bonchev–Trinajstić information content (AvgIpc) is 3.01. The molecule has 2 aromatic heterocycles. The van der Waals surface area contributed by atoms with Crippen molar-refractivity contribution in [2.24, 2.45) is 0 Å². The molecule has 4 nitrogen and oxygen atoms in total. The van der Waals surface area contributed by atoms with Gasteiger partial charge < -0.3 is 4.52 Å². The molecule has 1 aliphatic carbocycles. The molecule has 3 heterocycles. The van der Waals surface area contributed by atoms with Gasteiger partial charge in [0.05, 0.1) is 12.2 Å². The van der Waals surface area contributed by atoms with Gasteiger partial charge in [0.2, 0.25) is 0 Å². The molecule has 0 atom stereocenters. The van der Waals surface area contributed by atoms with E-state index in [4.69, 9.17) is 4.52 Å². The third-order valence-electron chi connectivity index (χ3n) is 5.11. The molecule has 0 N–H and O–H groups in total. The fourth-order valence-corrected chi connectivity index (χ4v) is 3.76. The molecule has 0 radical (unpaired) electrons. The molecular formula is C18H23N3O. The highest BCUT2D eigenvalue weighted by molar-refractivity contribution is 5.20. The Hall–Kier alpha value is -1.68. The molecule has 0 aromatic carbocycles. The van der Waals surface area contributed by atoms with Crippen LogP contribution in [0.2, 0.25) is 0 Å². The van der Waals surface area contributed by atoms with E-state index >= 15 is 0 Å². The molecule has 2 aromatic rings. The summed E-state index contributed by atoms with van der Waals surface area (Å²) in [6.07, 6.45) is 10.4. The Morgan fingerprint density at radius 1 is 1.05 bits per heavy atom. The number of hydrogen-bond acceptors (Lipinski definition) is 4. The lowest BCUT2D eigenvalue weighted by molar-refractivity contribution is 0.125. The summed E-state index contributed by atoms with van der Waals surface area (Å²) in [6.45, 7) is 3.09. The van der Waals surface area contributed by atoms with Crippen LogP contribution >= 0.6 is 0 Å². The maximum absolute atomic E-state index is 5.56. The van der Waals surface area contributed by atoms with Crippen LogP contribution in [0.25, 0.3) is 0 Å². The van der Waals surface area contributed by atoms with E-state index in [9.17, 15) is 0 Å². The summed E-state index contributed by atoms with van der Waals surface area (Å²) in [5, 5.41) is 4.32. The monoisotopic (exact) mass is 297 g/mol. The summed E-state index contributed by atoms with van der Waals surface area (Å²) in [6, 6.07) is 6.44. The number of nitrogens with zero attached hydrogens (tertiary/aromatic N) is 3. The van der Waals surface area contributed by atoms with E-state index in [0.29, 0.717) is 11.8 Å². The first-order valence-electron chi connectivity index (χ1n) is 8.46. The molecule has 4 rings (SSSR count). The van der Waals surface area contributed by atoms with Gasteiger partial charge in [-0.2, -0.15) is 0 Å². The maximum atomic E-state index is 5.56. The molecule has 0 spiro atoms. The fourth-order valence-electron chi connectivity index (χ4n) is 3.76. The fraction of sp³-hybridized carbons (Fsp3) is 0.556. The van der Waals surface area contributed by atoms with Crippen molar-refractivity contribution in [2.75, 3.05) is 13.1 Å².